The second-order valence-corrected chi connectivity index (χ2v) is 5.86. The lowest BCUT2D eigenvalue weighted by Gasteiger charge is -2.15. The Kier molecular flexibility index (Phi) is 5.59. The van der Waals surface area contributed by atoms with Crippen molar-refractivity contribution in [3.8, 4) is 11.6 Å². The van der Waals surface area contributed by atoms with Gasteiger partial charge in [0, 0.05) is 11.9 Å². The van der Waals surface area contributed by atoms with Crippen LogP contribution in [0.5, 0.6) is 11.6 Å². The lowest BCUT2D eigenvalue weighted by Crippen LogP contribution is -2.11. The van der Waals surface area contributed by atoms with Crippen LogP contribution in [0.4, 0.5) is 24.8 Å². The number of nitrogens with one attached hydrogen (secondary N) is 1. The Bertz CT molecular complexity index is 898. The van der Waals surface area contributed by atoms with Crippen LogP contribution in [0.15, 0.2) is 60.8 Å². The summed E-state index contributed by atoms with van der Waals surface area (Å²) in [5, 5.41) is 2.99. The van der Waals surface area contributed by atoms with Crippen LogP contribution < -0.4 is 10.1 Å². The molecule has 4 nitrogen and oxygen atoms in total. The molecule has 0 aliphatic rings. The molecule has 3 rings (SSSR count). The number of anilines is 2. The first kappa shape index (κ1) is 18.7. The molecule has 0 aliphatic heterocycles. The molecule has 0 saturated carbocycles. The first-order chi connectivity index (χ1) is 13.0. The standard InChI is InChI=1S/C20H18F3N3O/c1-2-8-14-9-6-7-12-17(14)25-19-24-13-16(20(21,22)23)18(26-19)27-15-10-4-3-5-11-15/h3-7,9-13H,2,8H2,1H3,(H,24,25,26). The number of alkyl halides is 3. The van der Waals surface area contributed by atoms with Crippen molar-refractivity contribution in [1.82, 2.24) is 9.97 Å². The largest absolute Gasteiger partial charge is 0.438 e. The molecule has 0 unspecified atom stereocenters. The second-order valence-electron chi connectivity index (χ2n) is 5.86. The van der Waals surface area contributed by atoms with Crippen LogP contribution >= 0.6 is 0 Å². The van der Waals surface area contributed by atoms with Crippen molar-refractivity contribution in [2.24, 2.45) is 0 Å². The van der Waals surface area contributed by atoms with Crippen molar-refractivity contribution in [2.45, 2.75) is 25.9 Å². The molecular formula is C20H18F3N3O. The molecule has 27 heavy (non-hydrogen) atoms. The highest BCUT2D eigenvalue weighted by atomic mass is 19.4. The Morgan fingerprint density at radius 1 is 1.00 bits per heavy atom. The zero-order valence-corrected chi connectivity index (χ0v) is 14.6. The molecule has 3 aromatic rings. The third-order valence-electron chi connectivity index (χ3n) is 3.80. The van der Waals surface area contributed by atoms with Crippen LogP contribution in [0, 0.1) is 0 Å². The Labute approximate surface area is 155 Å². The smallest absolute Gasteiger partial charge is 0.423 e. The Morgan fingerprint density at radius 2 is 1.70 bits per heavy atom. The van der Waals surface area contributed by atoms with Gasteiger partial charge in [0.25, 0.3) is 0 Å². The zero-order chi connectivity index (χ0) is 19.3. The van der Waals surface area contributed by atoms with Crippen molar-refractivity contribution in [1.29, 1.82) is 0 Å². The number of benzene rings is 2. The second kappa shape index (κ2) is 8.07. The SMILES string of the molecule is CCCc1ccccc1Nc1ncc(C(F)(F)F)c(Oc2ccccc2)n1. The van der Waals surface area contributed by atoms with E-state index < -0.39 is 17.6 Å². The Morgan fingerprint density at radius 3 is 2.41 bits per heavy atom. The normalized spacial score (nSPS) is 11.3. The number of hydrogen-bond donors (Lipinski definition) is 1. The monoisotopic (exact) mass is 373 g/mol. The summed E-state index contributed by atoms with van der Waals surface area (Å²) < 4.78 is 45.3. The number of aryl methyl sites for hydroxylation is 1. The summed E-state index contributed by atoms with van der Waals surface area (Å²) in [6.45, 7) is 2.05. The number of nitrogens with zero attached hydrogens (tertiary/aromatic N) is 2. The molecule has 140 valence electrons. The number of halogens is 3. The number of rotatable bonds is 6. The summed E-state index contributed by atoms with van der Waals surface area (Å²) in [5.41, 5.74) is 0.762. The predicted molar refractivity (Wildman–Crippen MR) is 97.3 cm³/mol. The van der Waals surface area contributed by atoms with Gasteiger partial charge in [-0.1, -0.05) is 49.7 Å². The van der Waals surface area contributed by atoms with Crippen LogP contribution in [-0.4, -0.2) is 9.97 Å². The fourth-order valence-corrected chi connectivity index (χ4v) is 2.55. The summed E-state index contributed by atoms with van der Waals surface area (Å²) in [6.07, 6.45) is -2.12. The molecule has 1 N–H and O–H groups in total. The maximum absolute atomic E-state index is 13.3. The molecule has 2 aromatic carbocycles. The molecule has 0 fully saturated rings. The van der Waals surface area contributed by atoms with E-state index in [1.807, 2.05) is 24.3 Å². The lowest BCUT2D eigenvalue weighted by atomic mass is 10.1. The van der Waals surface area contributed by atoms with E-state index in [1.165, 1.54) is 0 Å². The lowest BCUT2D eigenvalue weighted by molar-refractivity contribution is -0.139. The van der Waals surface area contributed by atoms with Gasteiger partial charge in [-0.2, -0.15) is 18.2 Å². The van der Waals surface area contributed by atoms with Gasteiger partial charge in [-0.25, -0.2) is 4.98 Å². The van der Waals surface area contributed by atoms with E-state index >= 15 is 0 Å². The van der Waals surface area contributed by atoms with Crippen molar-refractivity contribution in [2.75, 3.05) is 5.32 Å². The van der Waals surface area contributed by atoms with Gasteiger partial charge in [0.1, 0.15) is 11.3 Å². The number of hydrogen-bond acceptors (Lipinski definition) is 4. The highest BCUT2D eigenvalue weighted by molar-refractivity contribution is 5.59. The minimum atomic E-state index is -4.62. The summed E-state index contributed by atoms with van der Waals surface area (Å²) in [5.74, 6) is -0.240. The molecule has 1 heterocycles. The van der Waals surface area contributed by atoms with E-state index in [4.69, 9.17) is 4.74 Å². The summed E-state index contributed by atoms with van der Waals surface area (Å²) in [4.78, 5) is 7.79. The third kappa shape index (κ3) is 4.75. The van der Waals surface area contributed by atoms with Gasteiger partial charge in [-0.3, -0.25) is 0 Å². The van der Waals surface area contributed by atoms with E-state index in [2.05, 4.69) is 22.2 Å². The van der Waals surface area contributed by atoms with E-state index in [9.17, 15) is 13.2 Å². The van der Waals surface area contributed by atoms with Crippen molar-refractivity contribution in [3.63, 3.8) is 0 Å². The van der Waals surface area contributed by atoms with Crippen LogP contribution in [0.2, 0.25) is 0 Å². The van der Waals surface area contributed by atoms with Gasteiger partial charge in [0.05, 0.1) is 0 Å². The number of aromatic nitrogens is 2. The predicted octanol–water partition coefficient (Wildman–Crippen LogP) is 5.98. The quantitative estimate of drug-likeness (QED) is 0.577. The summed E-state index contributed by atoms with van der Waals surface area (Å²) in [7, 11) is 0. The van der Waals surface area contributed by atoms with Crippen LogP contribution in [0.3, 0.4) is 0 Å². The van der Waals surface area contributed by atoms with Gasteiger partial charge in [-0.05, 0) is 30.2 Å². The summed E-state index contributed by atoms with van der Waals surface area (Å²) in [6, 6.07) is 15.8. The van der Waals surface area contributed by atoms with Gasteiger partial charge in [-0.15, -0.1) is 0 Å². The first-order valence-electron chi connectivity index (χ1n) is 8.49. The maximum Gasteiger partial charge on any atom is 0.423 e. The van der Waals surface area contributed by atoms with Crippen molar-refractivity contribution in [3.05, 3.63) is 71.9 Å². The average Bonchev–Trinajstić information content (AvgIpc) is 2.64. The minimum Gasteiger partial charge on any atom is -0.438 e. The van der Waals surface area contributed by atoms with Crippen molar-refractivity contribution < 1.29 is 17.9 Å². The fraction of sp³-hybridized carbons (Fsp3) is 0.200. The molecule has 7 heteroatoms. The molecular weight excluding hydrogens is 355 g/mol. The highest BCUT2D eigenvalue weighted by Crippen LogP contribution is 2.37. The highest BCUT2D eigenvalue weighted by Gasteiger charge is 2.36. The molecule has 0 aliphatic carbocycles. The first-order valence-corrected chi connectivity index (χ1v) is 8.49. The molecule has 0 bridgehead atoms. The van der Waals surface area contributed by atoms with E-state index in [0.717, 1.165) is 30.3 Å². The summed E-state index contributed by atoms with van der Waals surface area (Å²) >= 11 is 0. The van der Waals surface area contributed by atoms with Crippen LogP contribution in [0.25, 0.3) is 0 Å². The van der Waals surface area contributed by atoms with Gasteiger partial charge < -0.3 is 10.1 Å². The van der Waals surface area contributed by atoms with Crippen molar-refractivity contribution >= 4 is 11.6 Å². The zero-order valence-electron chi connectivity index (χ0n) is 14.6. The molecule has 1 aromatic heterocycles. The maximum atomic E-state index is 13.3. The van der Waals surface area contributed by atoms with Crippen LogP contribution in [-0.2, 0) is 12.6 Å². The fourth-order valence-electron chi connectivity index (χ4n) is 2.55. The number of para-hydroxylation sites is 2. The topological polar surface area (TPSA) is 47.0 Å². The number of ether oxygens (including phenoxy) is 1. The molecule has 0 spiro atoms. The van der Waals surface area contributed by atoms with Gasteiger partial charge in [0.15, 0.2) is 0 Å². The van der Waals surface area contributed by atoms with E-state index in [0.29, 0.717) is 0 Å². The third-order valence-corrected chi connectivity index (χ3v) is 3.80. The Balaban J connectivity index is 1.95. The van der Waals surface area contributed by atoms with Gasteiger partial charge in [0.2, 0.25) is 11.8 Å². The Hall–Kier alpha value is -3.09. The molecule has 0 saturated heterocycles. The molecule has 0 atom stereocenters. The minimum absolute atomic E-state index is 0.0393. The molecule has 0 amide bonds. The molecule has 0 radical (unpaired) electrons. The van der Waals surface area contributed by atoms with Gasteiger partial charge >= 0.3 is 6.18 Å². The van der Waals surface area contributed by atoms with E-state index in [1.54, 1.807) is 30.3 Å². The van der Waals surface area contributed by atoms with E-state index in [-0.39, 0.29) is 11.7 Å². The van der Waals surface area contributed by atoms with Crippen LogP contribution in [0.1, 0.15) is 24.5 Å². The average molecular weight is 373 g/mol.